The van der Waals surface area contributed by atoms with Gasteiger partial charge in [0.2, 0.25) is 15.9 Å². The SMILES string of the molecule is O=C1CCN(S(=O)(=O)c2ccccc2)CCCN(C(=O)NCc2ccccc2)CCN1. The molecule has 0 unspecified atom stereocenters. The van der Waals surface area contributed by atoms with Crippen LogP contribution in [-0.2, 0) is 21.4 Å². The molecule has 3 amide bonds. The number of rotatable bonds is 4. The van der Waals surface area contributed by atoms with Crippen LogP contribution in [0.4, 0.5) is 4.79 Å². The van der Waals surface area contributed by atoms with E-state index in [1.165, 1.54) is 4.31 Å². The molecule has 2 N–H and O–H groups in total. The molecule has 166 valence electrons. The lowest BCUT2D eigenvalue weighted by Crippen LogP contribution is -2.44. The van der Waals surface area contributed by atoms with Crippen molar-refractivity contribution in [3.05, 3.63) is 66.2 Å². The molecule has 1 aliphatic heterocycles. The first-order chi connectivity index (χ1) is 15.0. The number of sulfonamides is 1. The van der Waals surface area contributed by atoms with E-state index in [1.54, 1.807) is 35.2 Å². The molecule has 0 bridgehead atoms. The van der Waals surface area contributed by atoms with Crippen LogP contribution in [0.3, 0.4) is 0 Å². The number of nitrogens with one attached hydrogen (secondary N) is 2. The number of carbonyl (C=O) groups excluding carboxylic acids is 2. The Morgan fingerprint density at radius 3 is 2.32 bits per heavy atom. The molecule has 0 spiro atoms. The third-order valence-corrected chi connectivity index (χ3v) is 7.00. The molecule has 1 saturated heterocycles. The fraction of sp³-hybridized carbons (Fsp3) is 0.364. The van der Waals surface area contributed by atoms with Crippen LogP contribution in [0.25, 0.3) is 0 Å². The number of urea groups is 1. The highest BCUT2D eigenvalue weighted by atomic mass is 32.2. The average Bonchev–Trinajstić information content (AvgIpc) is 2.83. The highest BCUT2D eigenvalue weighted by molar-refractivity contribution is 7.89. The molecule has 9 heteroatoms. The Bertz CT molecular complexity index is 968. The first-order valence-electron chi connectivity index (χ1n) is 10.4. The van der Waals surface area contributed by atoms with E-state index in [0.717, 1.165) is 5.56 Å². The molecule has 2 aromatic carbocycles. The summed E-state index contributed by atoms with van der Waals surface area (Å²) in [5, 5.41) is 5.66. The number of benzene rings is 2. The second kappa shape index (κ2) is 10.9. The maximum Gasteiger partial charge on any atom is 0.317 e. The number of hydrogen-bond donors (Lipinski definition) is 2. The van der Waals surface area contributed by atoms with Crippen LogP contribution in [0.15, 0.2) is 65.6 Å². The molecule has 1 aliphatic rings. The normalized spacial score (nSPS) is 16.8. The first kappa shape index (κ1) is 22.8. The maximum atomic E-state index is 13.0. The first-order valence-corrected chi connectivity index (χ1v) is 11.8. The lowest BCUT2D eigenvalue weighted by molar-refractivity contribution is -0.121. The molecule has 8 nitrogen and oxygen atoms in total. The highest BCUT2D eigenvalue weighted by Gasteiger charge is 2.25. The molecule has 3 rings (SSSR count). The Kier molecular flexibility index (Phi) is 8.02. The average molecular weight is 445 g/mol. The van der Waals surface area contributed by atoms with Gasteiger partial charge in [0.05, 0.1) is 4.90 Å². The van der Waals surface area contributed by atoms with Crippen LogP contribution in [0, 0.1) is 0 Å². The molecule has 0 aliphatic carbocycles. The summed E-state index contributed by atoms with van der Waals surface area (Å²) in [6, 6.07) is 17.5. The summed E-state index contributed by atoms with van der Waals surface area (Å²) >= 11 is 0. The Balaban J connectivity index is 1.66. The van der Waals surface area contributed by atoms with Crippen molar-refractivity contribution in [1.29, 1.82) is 0 Å². The van der Waals surface area contributed by atoms with Gasteiger partial charge < -0.3 is 15.5 Å². The number of nitrogens with zero attached hydrogens (tertiary/aromatic N) is 2. The predicted octanol–water partition coefficient (Wildman–Crippen LogP) is 1.80. The molecular formula is C22H28N4O4S. The zero-order valence-electron chi connectivity index (χ0n) is 17.4. The number of hydrogen-bond acceptors (Lipinski definition) is 4. The molecular weight excluding hydrogens is 416 g/mol. The third kappa shape index (κ3) is 6.53. The monoisotopic (exact) mass is 444 g/mol. The van der Waals surface area contributed by atoms with Crippen molar-refractivity contribution >= 4 is 22.0 Å². The van der Waals surface area contributed by atoms with Crippen LogP contribution in [-0.4, -0.2) is 62.3 Å². The van der Waals surface area contributed by atoms with Gasteiger partial charge in [0.1, 0.15) is 0 Å². The molecule has 0 aromatic heterocycles. The topological polar surface area (TPSA) is 98.8 Å². The molecule has 31 heavy (non-hydrogen) atoms. The molecule has 0 atom stereocenters. The van der Waals surface area contributed by atoms with Gasteiger partial charge in [-0.05, 0) is 24.1 Å². The van der Waals surface area contributed by atoms with Crippen molar-refractivity contribution in [2.75, 3.05) is 32.7 Å². The van der Waals surface area contributed by atoms with Crippen molar-refractivity contribution in [3.8, 4) is 0 Å². The van der Waals surface area contributed by atoms with Gasteiger partial charge >= 0.3 is 6.03 Å². The summed E-state index contributed by atoms with van der Waals surface area (Å²) in [4.78, 5) is 26.6. The lowest BCUT2D eigenvalue weighted by Gasteiger charge is -2.25. The van der Waals surface area contributed by atoms with Crippen molar-refractivity contribution in [1.82, 2.24) is 19.8 Å². The molecule has 0 radical (unpaired) electrons. The fourth-order valence-corrected chi connectivity index (χ4v) is 4.88. The Morgan fingerprint density at radius 1 is 0.935 bits per heavy atom. The van der Waals surface area contributed by atoms with E-state index in [4.69, 9.17) is 0 Å². The predicted molar refractivity (Wildman–Crippen MR) is 118 cm³/mol. The molecule has 1 fully saturated rings. The van der Waals surface area contributed by atoms with Gasteiger partial charge in [0.15, 0.2) is 0 Å². The smallest absolute Gasteiger partial charge is 0.317 e. The van der Waals surface area contributed by atoms with Crippen LogP contribution in [0.5, 0.6) is 0 Å². The zero-order chi connectivity index (χ0) is 22.1. The number of carbonyl (C=O) groups is 2. The third-order valence-electron chi connectivity index (χ3n) is 5.08. The number of amides is 3. The summed E-state index contributed by atoms with van der Waals surface area (Å²) in [5.74, 6) is -0.236. The quantitative estimate of drug-likeness (QED) is 0.751. The minimum absolute atomic E-state index is 0.0757. The van der Waals surface area contributed by atoms with Gasteiger partial charge in [-0.2, -0.15) is 4.31 Å². The lowest BCUT2D eigenvalue weighted by atomic mass is 10.2. The standard InChI is InChI=1S/C22H28N4O4S/c27-21-12-16-26(31(29,30)20-10-5-2-6-11-20)15-7-14-25(17-13-23-21)22(28)24-18-19-8-3-1-4-9-19/h1-6,8-11H,7,12-18H2,(H,23,27)(H,24,28). The van der Waals surface area contributed by atoms with Crippen molar-refractivity contribution in [2.24, 2.45) is 0 Å². The summed E-state index contributed by atoms with van der Waals surface area (Å²) in [6.07, 6.45) is 0.547. The molecule has 0 saturated carbocycles. The van der Waals surface area contributed by atoms with Crippen LogP contribution in [0.1, 0.15) is 18.4 Å². The largest absolute Gasteiger partial charge is 0.354 e. The van der Waals surface area contributed by atoms with E-state index in [2.05, 4.69) is 10.6 Å². The minimum atomic E-state index is -3.71. The second-order valence-electron chi connectivity index (χ2n) is 7.30. The fourth-order valence-electron chi connectivity index (χ4n) is 3.38. The van der Waals surface area contributed by atoms with E-state index in [9.17, 15) is 18.0 Å². The summed E-state index contributed by atoms with van der Waals surface area (Å²) in [7, 11) is -3.71. The molecule has 2 aromatic rings. The summed E-state index contributed by atoms with van der Waals surface area (Å²) in [6.45, 7) is 1.80. The van der Waals surface area contributed by atoms with Crippen LogP contribution < -0.4 is 10.6 Å². The van der Waals surface area contributed by atoms with Crippen LogP contribution in [0.2, 0.25) is 0 Å². The van der Waals surface area contributed by atoms with Gasteiger partial charge in [-0.15, -0.1) is 0 Å². The van der Waals surface area contributed by atoms with Gasteiger partial charge in [-0.3, -0.25) is 4.79 Å². The second-order valence-corrected chi connectivity index (χ2v) is 9.24. The Labute approximate surface area is 183 Å². The Morgan fingerprint density at radius 2 is 1.61 bits per heavy atom. The molecule has 1 heterocycles. The van der Waals surface area contributed by atoms with Gasteiger partial charge in [0, 0.05) is 45.7 Å². The van der Waals surface area contributed by atoms with Crippen molar-refractivity contribution in [2.45, 2.75) is 24.3 Å². The highest BCUT2D eigenvalue weighted by Crippen LogP contribution is 2.16. The van der Waals surface area contributed by atoms with E-state index in [-0.39, 0.29) is 36.3 Å². The van der Waals surface area contributed by atoms with Gasteiger partial charge in [0.25, 0.3) is 0 Å². The van der Waals surface area contributed by atoms with Crippen molar-refractivity contribution < 1.29 is 18.0 Å². The van der Waals surface area contributed by atoms with Gasteiger partial charge in [-0.1, -0.05) is 48.5 Å². The van der Waals surface area contributed by atoms with E-state index in [0.29, 0.717) is 32.6 Å². The van der Waals surface area contributed by atoms with E-state index in [1.807, 2.05) is 30.3 Å². The van der Waals surface area contributed by atoms with Crippen molar-refractivity contribution in [3.63, 3.8) is 0 Å². The summed E-state index contributed by atoms with van der Waals surface area (Å²) in [5.41, 5.74) is 0.988. The van der Waals surface area contributed by atoms with Gasteiger partial charge in [-0.25, -0.2) is 13.2 Å². The summed E-state index contributed by atoms with van der Waals surface area (Å²) < 4.78 is 27.4. The minimum Gasteiger partial charge on any atom is -0.354 e. The van der Waals surface area contributed by atoms with Crippen LogP contribution >= 0.6 is 0 Å². The Hall–Kier alpha value is -2.91. The van der Waals surface area contributed by atoms with E-state index < -0.39 is 10.0 Å². The van der Waals surface area contributed by atoms with E-state index >= 15 is 0 Å². The zero-order valence-corrected chi connectivity index (χ0v) is 18.2. The maximum absolute atomic E-state index is 13.0.